The van der Waals surface area contributed by atoms with Gasteiger partial charge in [-0.2, -0.15) is 0 Å². The first-order chi connectivity index (χ1) is 20.8. The molecule has 1 fully saturated rings. The van der Waals surface area contributed by atoms with E-state index in [4.69, 9.17) is 17.0 Å². The fraction of sp³-hybridized carbons (Fsp3) is 0.100. The summed E-state index contributed by atoms with van der Waals surface area (Å²) in [6, 6.07) is 17.1. The number of carbonyl (C=O) groups excluding carboxylic acids is 2. The molecule has 0 aliphatic carbocycles. The summed E-state index contributed by atoms with van der Waals surface area (Å²) in [5.74, 6) is -1.01. The number of carbonyl (C=O) groups is 2. The first-order valence-electron chi connectivity index (χ1n) is 12.9. The Balaban J connectivity index is 1.44. The van der Waals surface area contributed by atoms with E-state index in [1.165, 1.54) is 17.0 Å². The topological polar surface area (TPSA) is 150 Å². The van der Waals surface area contributed by atoms with E-state index in [9.17, 15) is 29.8 Å². The lowest BCUT2D eigenvalue weighted by Crippen LogP contribution is -2.54. The standard InChI is InChI=1S/C30H22BrN5O7S/c1-16-12-20(31)4-10-25(16)34-29(38)24(28(37)32-30(34)44)14-19-13-17(2)33(18(19)3)21-5-8-23(9-6-21)43-27-11-7-22(35(39)40)15-26(27)36(41)42/h4-15H,1-3H3,(H,32,37,44)/b24-14+. The molecule has 0 atom stereocenters. The van der Waals surface area contributed by atoms with Crippen LogP contribution in [0, 0.1) is 41.0 Å². The summed E-state index contributed by atoms with van der Waals surface area (Å²) >= 11 is 8.75. The highest BCUT2D eigenvalue weighted by atomic mass is 79.9. The van der Waals surface area contributed by atoms with Crippen LogP contribution in [0.2, 0.25) is 0 Å². The van der Waals surface area contributed by atoms with Crippen molar-refractivity contribution in [2.45, 2.75) is 20.8 Å². The second kappa shape index (κ2) is 11.8. The predicted octanol–water partition coefficient (Wildman–Crippen LogP) is 6.61. The molecule has 44 heavy (non-hydrogen) atoms. The third-order valence-corrected chi connectivity index (χ3v) is 7.72. The summed E-state index contributed by atoms with van der Waals surface area (Å²) in [4.78, 5) is 48.8. The third-order valence-electron chi connectivity index (χ3n) is 6.94. The molecule has 0 saturated carbocycles. The average molecular weight is 677 g/mol. The number of anilines is 1. The molecule has 0 unspecified atom stereocenters. The van der Waals surface area contributed by atoms with Gasteiger partial charge in [0.25, 0.3) is 17.5 Å². The Bertz CT molecular complexity index is 1930. The number of rotatable bonds is 7. The first kappa shape index (κ1) is 30.3. The van der Waals surface area contributed by atoms with Crippen molar-refractivity contribution in [3.05, 3.63) is 120 Å². The lowest BCUT2D eigenvalue weighted by molar-refractivity contribution is -0.394. The number of amides is 2. The van der Waals surface area contributed by atoms with Gasteiger partial charge in [-0.1, -0.05) is 15.9 Å². The Morgan fingerprint density at radius 1 is 0.932 bits per heavy atom. The van der Waals surface area contributed by atoms with Gasteiger partial charge in [-0.3, -0.25) is 40.0 Å². The summed E-state index contributed by atoms with van der Waals surface area (Å²) in [5.41, 5.74) is 3.24. The Morgan fingerprint density at radius 2 is 1.64 bits per heavy atom. The van der Waals surface area contributed by atoms with Crippen LogP contribution in [0.3, 0.4) is 0 Å². The lowest BCUT2D eigenvalue weighted by atomic mass is 10.1. The number of thiocarbonyl (C=S) groups is 1. The summed E-state index contributed by atoms with van der Waals surface area (Å²) in [6.45, 7) is 5.55. The van der Waals surface area contributed by atoms with Crippen LogP contribution in [0.15, 0.2) is 76.8 Å². The predicted molar refractivity (Wildman–Crippen MR) is 170 cm³/mol. The molecular formula is C30H22BrN5O7S. The maximum absolute atomic E-state index is 13.6. The van der Waals surface area contributed by atoms with Crippen molar-refractivity contribution >= 4 is 68.2 Å². The minimum atomic E-state index is -0.747. The van der Waals surface area contributed by atoms with E-state index in [-0.39, 0.29) is 22.2 Å². The molecule has 14 heteroatoms. The van der Waals surface area contributed by atoms with Gasteiger partial charge in [-0.05, 0) is 105 Å². The largest absolute Gasteiger partial charge is 0.450 e. The van der Waals surface area contributed by atoms with Crippen molar-refractivity contribution in [3.8, 4) is 17.2 Å². The number of benzene rings is 3. The van der Waals surface area contributed by atoms with Crippen LogP contribution in [0.4, 0.5) is 17.1 Å². The number of halogens is 1. The van der Waals surface area contributed by atoms with Crippen LogP contribution in [-0.4, -0.2) is 31.3 Å². The molecule has 1 saturated heterocycles. The van der Waals surface area contributed by atoms with Gasteiger partial charge >= 0.3 is 5.69 Å². The normalized spacial score (nSPS) is 14.1. The molecular weight excluding hydrogens is 654 g/mol. The number of hydrogen-bond donors (Lipinski definition) is 1. The fourth-order valence-electron chi connectivity index (χ4n) is 4.87. The minimum absolute atomic E-state index is 0.00517. The summed E-state index contributed by atoms with van der Waals surface area (Å²) < 4.78 is 8.43. The molecule has 4 aromatic rings. The van der Waals surface area contributed by atoms with E-state index in [2.05, 4.69) is 21.2 Å². The number of nitro benzene ring substituents is 2. The molecule has 2 amide bonds. The van der Waals surface area contributed by atoms with Crippen molar-refractivity contribution in [2.75, 3.05) is 4.90 Å². The number of hydrogen-bond acceptors (Lipinski definition) is 8. The van der Waals surface area contributed by atoms with Gasteiger partial charge in [0.1, 0.15) is 11.3 Å². The van der Waals surface area contributed by atoms with Crippen molar-refractivity contribution in [2.24, 2.45) is 0 Å². The van der Waals surface area contributed by atoms with Gasteiger partial charge in [-0.15, -0.1) is 0 Å². The van der Waals surface area contributed by atoms with Gasteiger partial charge in [-0.25, -0.2) is 0 Å². The number of nitrogens with one attached hydrogen (secondary N) is 1. The van der Waals surface area contributed by atoms with E-state index in [0.29, 0.717) is 11.3 Å². The van der Waals surface area contributed by atoms with E-state index in [1.54, 1.807) is 36.4 Å². The quantitative estimate of drug-likeness (QED) is 0.0756. The highest BCUT2D eigenvalue weighted by molar-refractivity contribution is 9.10. The molecule has 5 rings (SSSR count). The highest BCUT2D eigenvalue weighted by Crippen LogP contribution is 2.35. The number of nitrogens with zero attached hydrogens (tertiary/aromatic N) is 4. The number of aryl methyl sites for hydroxylation is 2. The second-order valence-corrected chi connectivity index (χ2v) is 11.1. The first-order valence-corrected chi connectivity index (χ1v) is 14.1. The smallest absolute Gasteiger partial charge is 0.318 e. The fourth-order valence-corrected chi connectivity index (χ4v) is 5.62. The maximum Gasteiger partial charge on any atom is 0.318 e. The van der Waals surface area contributed by atoms with Gasteiger partial charge in [0.15, 0.2) is 5.11 Å². The molecule has 3 aromatic carbocycles. The van der Waals surface area contributed by atoms with Crippen molar-refractivity contribution in [1.82, 2.24) is 9.88 Å². The molecule has 0 radical (unpaired) electrons. The average Bonchev–Trinajstić information content (AvgIpc) is 3.24. The Hall–Kier alpha value is -5.21. The van der Waals surface area contributed by atoms with Crippen LogP contribution >= 0.6 is 28.1 Å². The number of aromatic nitrogens is 1. The van der Waals surface area contributed by atoms with Crippen LogP contribution in [0.1, 0.15) is 22.5 Å². The zero-order chi connectivity index (χ0) is 31.9. The van der Waals surface area contributed by atoms with E-state index >= 15 is 0 Å². The van der Waals surface area contributed by atoms with Gasteiger partial charge in [0.05, 0.1) is 21.6 Å². The van der Waals surface area contributed by atoms with Crippen molar-refractivity contribution in [3.63, 3.8) is 0 Å². The molecule has 1 aliphatic heterocycles. The molecule has 1 N–H and O–H groups in total. The monoisotopic (exact) mass is 675 g/mol. The van der Waals surface area contributed by atoms with Crippen LogP contribution in [0.5, 0.6) is 11.5 Å². The summed E-state index contributed by atoms with van der Waals surface area (Å²) in [5, 5.41) is 25.1. The molecule has 0 spiro atoms. The van der Waals surface area contributed by atoms with Gasteiger partial charge in [0.2, 0.25) is 5.75 Å². The van der Waals surface area contributed by atoms with Gasteiger partial charge < -0.3 is 9.30 Å². The van der Waals surface area contributed by atoms with Crippen LogP contribution in [0.25, 0.3) is 11.8 Å². The Labute approximate surface area is 264 Å². The van der Waals surface area contributed by atoms with Gasteiger partial charge in [0, 0.05) is 27.6 Å². The lowest BCUT2D eigenvalue weighted by Gasteiger charge is -2.30. The molecule has 12 nitrogen and oxygen atoms in total. The molecule has 2 heterocycles. The van der Waals surface area contributed by atoms with E-state index in [0.717, 1.165) is 39.2 Å². The number of ether oxygens (including phenoxy) is 1. The minimum Gasteiger partial charge on any atom is -0.450 e. The van der Waals surface area contributed by atoms with Crippen LogP contribution < -0.4 is 15.0 Å². The Morgan fingerprint density at radius 3 is 2.27 bits per heavy atom. The molecule has 1 aliphatic rings. The van der Waals surface area contributed by atoms with Crippen molar-refractivity contribution < 1.29 is 24.2 Å². The summed E-state index contributed by atoms with van der Waals surface area (Å²) in [7, 11) is 0. The maximum atomic E-state index is 13.6. The zero-order valence-corrected chi connectivity index (χ0v) is 25.8. The van der Waals surface area contributed by atoms with Crippen molar-refractivity contribution in [1.29, 1.82) is 0 Å². The SMILES string of the molecule is Cc1cc(Br)ccc1N1C(=O)/C(=C/c2cc(C)n(-c3ccc(Oc4ccc([N+](=O)[O-])cc4[N+](=O)[O-])cc3)c2C)C(=O)NC1=S. The Kier molecular flexibility index (Phi) is 8.13. The molecule has 0 bridgehead atoms. The number of non-ortho nitro benzene ring substituents is 1. The van der Waals surface area contributed by atoms with E-state index < -0.39 is 33.0 Å². The second-order valence-electron chi connectivity index (χ2n) is 9.81. The summed E-state index contributed by atoms with van der Waals surface area (Å²) in [6.07, 6.45) is 1.53. The zero-order valence-electron chi connectivity index (χ0n) is 23.4. The molecule has 1 aromatic heterocycles. The highest BCUT2D eigenvalue weighted by Gasteiger charge is 2.35. The third kappa shape index (κ3) is 5.72. The van der Waals surface area contributed by atoms with E-state index in [1.807, 2.05) is 37.5 Å². The number of nitro groups is 2. The van der Waals surface area contributed by atoms with Crippen LogP contribution in [-0.2, 0) is 9.59 Å². The molecule has 222 valence electrons.